The van der Waals surface area contributed by atoms with E-state index in [0.29, 0.717) is 6.04 Å². The second-order valence-corrected chi connectivity index (χ2v) is 4.98. The first kappa shape index (κ1) is 11.4. The number of hydrogen-bond donors (Lipinski definition) is 2. The van der Waals surface area contributed by atoms with E-state index in [0.717, 1.165) is 18.4 Å². The van der Waals surface area contributed by atoms with Crippen molar-refractivity contribution in [2.24, 2.45) is 5.18 Å². The van der Waals surface area contributed by atoms with Gasteiger partial charge in [0.1, 0.15) is 6.54 Å². The summed E-state index contributed by atoms with van der Waals surface area (Å²) in [6.45, 7) is 0.255. The lowest BCUT2D eigenvalue weighted by atomic mass is 9.91. The van der Waals surface area contributed by atoms with Crippen molar-refractivity contribution in [3.63, 3.8) is 0 Å². The molecule has 4 nitrogen and oxygen atoms in total. The Morgan fingerprint density at radius 3 is 3.17 bits per heavy atom. The van der Waals surface area contributed by atoms with E-state index in [9.17, 15) is 4.91 Å². The first-order chi connectivity index (χ1) is 8.81. The van der Waals surface area contributed by atoms with E-state index in [-0.39, 0.29) is 6.54 Å². The number of H-pyrrole nitrogens is 1. The summed E-state index contributed by atoms with van der Waals surface area (Å²) in [4.78, 5) is 13.9. The number of nitroso groups, excluding NO2 is 1. The van der Waals surface area contributed by atoms with Gasteiger partial charge >= 0.3 is 0 Å². The van der Waals surface area contributed by atoms with Crippen LogP contribution < -0.4 is 5.32 Å². The first-order valence-corrected chi connectivity index (χ1v) is 6.40. The van der Waals surface area contributed by atoms with E-state index in [2.05, 4.69) is 27.6 Å². The van der Waals surface area contributed by atoms with Gasteiger partial charge in [-0.05, 0) is 49.6 Å². The topological polar surface area (TPSA) is 57.2 Å². The molecular formula is C14H17N3O. The van der Waals surface area contributed by atoms with Gasteiger partial charge in [0.15, 0.2) is 0 Å². The van der Waals surface area contributed by atoms with Gasteiger partial charge in [0.05, 0.1) is 0 Å². The minimum absolute atomic E-state index is 0.255. The molecule has 0 amide bonds. The predicted molar refractivity (Wildman–Crippen MR) is 72.7 cm³/mol. The molecule has 3 rings (SSSR count). The largest absolute Gasteiger partial charge is 0.358 e. The van der Waals surface area contributed by atoms with Crippen LogP contribution >= 0.6 is 0 Å². The summed E-state index contributed by atoms with van der Waals surface area (Å²) in [5, 5.41) is 7.58. The molecule has 2 N–H and O–H groups in total. The van der Waals surface area contributed by atoms with Crippen LogP contribution in [0.2, 0.25) is 0 Å². The maximum absolute atomic E-state index is 10.4. The molecule has 1 atom stereocenters. The number of fused-ring (bicyclic) bond motifs is 3. The molecular weight excluding hydrogens is 226 g/mol. The minimum Gasteiger partial charge on any atom is -0.358 e. The molecule has 18 heavy (non-hydrogen) atoms. The summed E-state index contributed by atoms with van der Waals surface area (Å²) in [6, 6.07) is 6.69. The van der Waals surface area contributed by atoms with Crippen LogP contribution in [0.1, 0.15) is 23.2 Å². The third-order valence-electron chi connectivity index (χ3n) is 3.91. The average Bonchev–Trinajstić information content (AvgIpc) is 2.76. The van der Waals surface area contributed by atoms with E-state index in [1.54, 1.807) is 0 Å². The second-order valence-electron chi connectivity index (χ2n) is 4.98. The molecule has 2 aromatic rings. The van der Waals surface area contributed by atoms with Crippen LogP contribution in [0.25, 0.3) is 10.9 Å². The number of rotatable bonds is 3. The lowest BCUT2D eigenvalue weighted by molar-refractivity contribution is 0.495. The maximum atomic E-state index is 10.4. The summed E-state index contributed by atoms with van der Waals surface area (Å²) in [5.74, 6) is 0. The number of hydrogen-bond acceptors (Lipinski definition) is 3. The van der Waals surface area contributed by atoms with Crippen molar-refractivity contribution in [3.05, 3.63) is 39.9 Å². The van der Waals surface area contributed by atoms with Gasteiger partial charge in [-0.1, -0.05) is 11.2 Å². The Bertz CT molecular complexity index is 588. The van der Waals surface area contributed by atoms with Crippen LogP contribution in [0.3, 0.4) is 0 Å². The van der Waals surface area contributed by atoms with E-state index in [1.165, 1.54) is 28.6 Å². The van der Waals surface area contributed by atoms with Crippen molar-refractivity contribution < 1.29 is 0 Å². The molecule has 1 aliphatic carbocycles. The highest BCUT2D eigenvalue weighted by Gasteiger charge is 2.21. The van der Waals surface area contributed by atoms with Crippen LogP contribution in [0.15, 0.2) is 23.4 Å². The summed E-state index contributed by atoms with van der Waals surface area (Å²) >= 11 is 0. The first-order valence-electron chi connectivity index (χ1n) is 6.40. The van der Waals surface area contributed by atoms with Gasteiger partial charge in [-0.2, -0.15) is 4.91 Å². The zero-order chi connectivity index (χ0) is 12.5. The van der Waals surface area contributed by atoms with Crippen LogP contribution in [-0.2, 0) is 19.4 Å². The highest BCUT2D eigenvalue weighted by atomic mass is 16.3. The van der Waals surface area contributed by atoms with E-state index in [4.69, 9.17) is 0 Å². The molecule has 4 heteroatoms. The fourth-order valence-corrected chi connectivity index (χ4v) is 2.88. The number of aromatic nitrogens is 1. The van der Waals surface area contributed by atoms with Crippen molar-refractivity contribution in [1.82, 2.24) is 10.3 Å². The van der Waals surface area contributed by atoms with Gasteiger partial charge in [-0.15, -0.1) is 0 Å². The van der Waals surface area contributed by atoms with Crippen LogP contribution in [0.4, 0.5) is 0 Å². The molecule has 0 aliphatic heterocycles. The van der Waals surface area contributed by atoms with Gasteiger partial charge < -0.3 is 10.3 Å². The van der Waals surface area contributed by atoms with Gasteiger partial charge in [0.25, 0.3) is 0 Å². The predicted octanol–water partition coefficient (Wildman–Crippen LogP) is 2.51. The number of nitrogens with zero attached hydrogens (tertiary/aromatic N) is 1. The van der Waals surface area contributed by atoms with E-state index < -0.39 is 0 Å². The van der Waals surface area contributed by atoms with Gasteiger partial charge in [0.2, 0.25) is 0 Å². The zero-order valence-electron chi connectivity index (χ0n) is 10.5. The Morgan fingerprint density at radius 2 is 2.39 bits per heavy atom. The summed E-state index contributed by atoms with van der Waals surface area (Å²) in [7, 11) is 2.02. The molecule has 0 saturated heterocycles. The smallest absolute Gasteiger partial charge is 0.106 e. The number of nitrogens with one attached hydrogen (secondary N) is 2. The average molecular weight is 243 g/mol. The van der Waals surface area contributed by atoms with Crippen molar-refractivity contribution in [2.45, 2.75) is 31.8 Å². The van der Waals surface area contributed by atoms with E-state index in [1.807, 2.05) is 13.1 Å². The molecule has 0 unspecified atom stereocenters. The molecule has 1 aromatic carbocycles. The van der Waals surface area contributed by atoms with Crippen molar-refractivity contribution >= 4 is 10.9 Å². The Kier molecular flexibility index (Phi) is 2.88. The Balaban J connectivity index is 2.08. The van der Waals surface area contributed by atoms with Gasteiger partial charge in [0, 0.05) is 22.6 Å². The fourth-order valence-electron chi connectivity index (χ4n) is 2.88. The molecule has 0 saturated carbocycles. The van der Waals surface area contributed by atoms with Crippen molar-refractivity contribution in [3.8, 4) is 0 Å². The zero-order valence-corrected chi connectivity index (χ0v) is 10.5. The number of aryl methyl sites for hydroxylation is 1. The third-order valence-corrected chi connectivity index (χ3v) is 3.91. The number of aromatic amines is 1. The van der Waals surface area contributed by atoms with Crippen LogP contribution in [-0.4, -0.2) is 18.1 Å². The Hall–Kier alpha value is -1.68. The molecule has 1 aromatic heterocycles. The highest BCUT2D eigenvalue weighted by molar-refractivity contribution is 5.85. The summed E-state index contributed by atoms with van der Waals surface area (Å²) < 4.78 is 0. The Morgan fingerprint density at radius 1 is 1.50 bits per heavy atom. The lowest BCUT2D eigenvalue weighted by Crippen LogP contribution is -2.31. The standard InChI is InChI=1S/C14H17N3O/c1-15-10-3-5-14-12(7-10)11-6-9(8-16-18)2-4-13(11)17-14/h2,4,6,10,15,17H,3,5,7-8H2,1H3/t10-/m1/s1. The molecule has 1 heterocycles. The molecule has 0 spiro atoms. The van der Waals surface area contributed by atoms with E-state index >= 15 is 0 Å². The molecule has 0 fully saturated rings. The number of likely N-dealkylation sites (N-methyl/N-ethyl adjacent to an activating group) is 1. The minimum atomic E-state index is 0.255. The van der Waals surface area contributed by atoms with Crippen LogP contribution in [0, 0.1) is 4.91 Å². The normalized spacial score (nSPS) is 18.8. The fraction of sp³-hybridized carbons (Fsp3) is 0.429. The van der Waals surface area contributed by atoms with Crippen molar-refractivity contribution in [2.75, 3.05) is 7.05 Å². The highest BCUT2D eigenvalue weighted by Crippen LogP contribution is 2.30. The molecule has 0 bridgehead atoms. The van der Waals surface area contributed by atoms with Gasteiger partial charge in [-0.3, -0.25) is 0 Å². The van der Waals surface area contributed by atoms with Gasteiger partial charge in [-0.25, -0.2) is 0 Å². The SMILES string of the molecule is CN[C@@H]1CCc2[nH]c3ccc(CN=O)cc3c2C1. The Labute approximate surface area is 106 Å². The monoisotopic (exact) mass is 243 g/mol. The molecule has 0 radical (unpaired) electrons. The third kappa shape index (κ3) is 1.82. The quantitative estimate of drug-likeness (QED) is 0.814. The van der Waals surface area contributed by atoms with Crippen LogP contribution in [0.5, 0.6) is 0 Å². The maximum Gasteiger partial charge on any atom is 0.106 e. The summed E-state index contributed by atoms with van der Waals surface area (Å²) in [5.41, 5.74) is 4.92. The second kappa shape index (κ2) is 4.53. The number of benzene rings is 1. The molecule has 94 valence electrons. The summed E-state index contributed by atoms with van der Waals surface area (Å²) in [6.07, 6.45) is 3.33. The molecule has 1 aliphatic rings. The lowest BCUT2D eigenvalue weighted by Gasteiger charge is -2.21. The van der Waals surface area contributed by atoms with Crippen molar-refractivity contribution in [1.29, 1.82) is 0 Å².